The Morgan fingerprint density at radius 1 is 1.10 bits per heavy atom. The van der Waals surface area contributed by atoms with Gasteiger partial charge in [-0.3, -0.25) is 4.79 Å². The summed E-state index contributed by atoms with van der Waals surface area (Å²) in [7, 11) is 0. The van der Waals surface area contributed by atoms with Crippen molar-refractivity contribution in [2.45, 2.75) is 12.1 Å². The monoisotopic (exact) mass is 286 g/mol. The zero-order valence-corrected chi connectivity index (χ0v) is 11.5. The van der Waals surface area contributed by atoms with E-state index in [1.807, 2.05) is 6.07 Å². The summed E-state index contributed by atoms with van der Waals surface area (Å²) in [6.07, 6.45) is 0. The molecular formula is C16H18N2O3. The highest BCUT2D eigenvalue weighted by Crippen LogP contribution is 2.23. The molecule has 0 aliphatic rings. The number of ether oxygens (including phenoxy) is 1. The molecule has 0 aliphatic heterocycles. The summed E-state index contributed by atoms with van der Waals surface area (Å²) in [5.74, 6) is -0.192. The molecule has 0 fully saturated rings. The lowest BCUT2D eigenvalue weighted by molar-refractivity contribution is -0.124. The number of nitrogens with two attached hydrogens (primary N) is 2. The van der Waals surface area contributed by atoms with E-state index in [1.54, 1.807) is 48.5 Å². The Labute approximate surface area is 123 Å². The second-order valence-corrected chi connectivity index (χ2v) is 4.76. The topological polar surface area (TPSA) is 98.6 Å². The Bertz CT molecular complexity index is 616. The van der Waals surface area contributed by atoms with Crippen molar-refractivity contribution >= 4 is 5.91 Å². The molecule has 0 heterocycles. The molecular weight excluding hydrogens is 268 g/mol. The maximum absolute atomic E-state index is 11.8. The van der Waals surface area contributed by atoms with E-state index in [-0.39, 0.29) is 13.2 Å². The van der Waals surface area contributed by atoms with Crippen LogP contribution in [0.5, 0.6) is 5.75 Å². The third-order valence-corrected chi connectivity index (χ3v) is 3.33. The van der Waals surface area contributed by atoms with E-state index in [2.05, 4.69) is 0 Å². The number of aliphatic hydroxyl groups is 1. The fraction of sp³-hybridized carbons (Fsp3) is 0.188. The van der Waals surface area contributed by atoms with E-state index in [0.29, 0.717) is 16.9 Å². The molecule has 1 amide bonds. The summed E-state index contributed by atoms with van der Waals surface area (Å²) in [4.78, 5) is 11.8. The molecule has 0 bridgehead atoms. The van der Waals surface area contributed by atoms with Gasteiger partial charge in [0.15, 0.2) is 5.54 Å². The van der Waals surface area contributed by atoms with Crippen LogP contribution < -0.4 is 16.2 Å². The van der Waals surface area contributed by atoms with Gasteiger partial charge in [0, 0.05) is 5.56 Å². The van der Waals surface area contributed by atoms with Gasteiger partial charge in [-0.1, -0.05) is 48.5 Å². The highest BCUT2D eigenvalue weighted by molar-refractivity contribution is 5.86. The molecule has 0 aromatic heterocycles. The molecule has 2 rings (SSSR count). The van der Waals surface area contributed by atoms with Crippen molar-refractivity contribution in [1.29, 1.82) is 0 Å². The summed E-state index contributed by atoms with van der Waals surface area (Å²) >= 11 is 0. The first-order chi connectivity index (χ1) is 10.1. The molecule has 1 atom stereocenters. The van der Waals surface area contributed by atoms with Gasteiger partial charge < -0.3 is 21.3 Å². The van der Waals surface area contributed by atoms with Crippen LogP contribution in [0.3, 0.4) is 0 Å². The molecule has 21 heavy (non-hydrogen) atoms. The van der Waals surface area contributed by atoms with Crippen molar-refractivity contribution in [2.75, 3.05) is 6.61 Å². The van der Waals surface area contributed by atoms with Crippen molar-refractivity contribution in [2.24, 2.45) is 11.5 Å². The number of hydrogen-bond acceptors (Lipinski definition) is 4. The number of para-hydroxylation sites is 1. The summed E-state index contributed by atoms with van der Waals surface area (Å²) in [6.45, 7) is -0.265. The molecule has 1 unspecified atom stereocenters. The Morgan fingerprint density at radius 2 is 1.71 bits per heavy atom. The van der Waals surface area contributed by atoms with Gasteiger partial charge in [0.25, 0.3) is 0 Å². The Morgan fingerprint density at radius 3 is 2.33 bits per heavy atom. The number of carbonyl (C=O) groups excluding carboxylic acids is 1. The van der Waals surface area contributed by atoms with Crippen LogP contribution in [-0.4, -0.2) is 17.6 Å². The normalized spacial score (nSPS) is 13.4. The molecule has 110 valence electrons. The molecule has 5 heteroatoms. The lowest BCUT2D eigenvalue weighted by Gasteiger charge is -2.27. The quantitative estimate of drug-likeness (QED) is 0.734. The maximum Gasteiger partial charge on any atom is 0.245 e. The average molecular weight is 286 g/mol. The maximum atomic E-state index is 11.8. The molecule has 2 aromatic carbocycles. The SMILES string of the molecule is NC(=O)C(N)(COc1ccccc1CO)c1ccccc1. The third-order valence-electron chi connectivity index (χ3n) is 3.33. The van der Waals surface area contributed by atoms with E-state index in [4.69, 9.17) is 16.2 Å². The Balaban J connectivity index is 2.24. The Kier molecular flexibility index (Phi) is 4.57. The van der Waals surface area contributed by atoms with Gasteiger partial charge in [-0.25, -0.2) is 0 Å². The molecule has 2 aromatic rings. The van der Waals surface area contributed by atoms with E-state index in [9.17, 15) is 9.90 Å². The largest absolute Gasteiger partial charge is 0.490 e. The van der Waals surface area contributed by atoms with Crippen molar-refractivity contribution in [3.8, 4) is 5.75 Å². The first kappa shape index (κ1) is 15.0. The second kappa shape index (κ2) is 6.39. The minimum atomic E-state index is -1.43. The predicted molar refractivity (Wildman–Crippen MR) is 79.4 cm³/mol. The lowest BCUT2D eigenvalue weighted by Crippen LogP contribution is -2.53. The Hall–Kier alpha value is -2.37. The van der Waals surface area contributed by atoms with Crippen LogP contribution in [-0.2, 0) is 16.9 Å². The van der Waals surface area contributed by atoms with Crippen molar-refractivity contribution < 1.29 is 14.6 Å². The fourth-order valence-corrected chi connectivity index (χ4v) is 2.00. The molecule has 0 saturated carbocycles. The van der Waals surface area contributed by atoms with E-state index in [1.165, 1.54) is 0 Å². The van der Waals surface area contributed by atoms with Gasteiger partial charge in [-0.2, -0.15) is 0 Å². The fourth-order valence-electron chi connectivity index (χ4n) is 2.00. The van der Waals surface area contributed by atoms with Crippen molar-refractivity contribution in [3.63, 3.8) is 0 Å². The van der Waals surface area contributed by atoms with Crippen LogP contribution in [0.15, 0.2) is 54.6 Å². The minimum absolute atomic E-state index is 0.108. The zero-order chi connectivity index (χ0) is 15.3. The van der Waals surface area contributed by atoms with Crippen molar-refractivity contribution in [3.05, 3.63) is 65.7 Å². The van der Waals surface area contributed by atoms with Gasteiger partial charge in [0.05, 0.1) is 6.61 Å². The molecule has 0 spiro atoms. The molecule has 0 radical (unpaired) electrons. The highest BCUT2D eigenvalue weighted by Gasteiger charge is 2.35. The standard InChI is InChI=1S/C16H18N2O3/c17-15(20)16(18,13-7-2-1-3-8-13)11-21-14-9-5-4-6-12(14)10-19/h1-9,19H,10-11,18H2,(H2,17,20). The molecule has 5 nitrogen and oxygen atoms in total. The second-order valence-electron chi connectivity index (χ2n) is 4.76. The first-order valence-corrected chi connectivity index (χ1v) is 6.54. The zero-order valence-electron chi connectivity index (χ0n) is 11.5. The number of aliphatic hydroxyl groups excluding tert-OH is 1. The van der Waals surface area contributed by atoms with Gasteiger partial charge in [0.2, 0.25) is 5.91 Å². The number of primary amides is 1. The van der Waals surface area contributed by atoms with Crippen LogP contribution >= 0.6 is 0 Å². The number of carbonyl (C=O) groups is 1. The van der Waals surface area contributed by atoms with Crippen LogP contribution in [0.2, 0.25) is 0 Å². The molecule has 0 saturated heterocycles. The van der Waals surface area contributed by atoms with E-state index in [0.717, 1.165) is 0 Å². The highest BCUT2D eigenvalue weighted by atomic mass is 16.5. The van der Waals surface area contributed by atoms with Crippen LogP contribution in [0.4, 0.5) is 0 Å². The summed E-state index contributed by atoms with van der Waals surface area (Å²) in [5, 5.41) is 9.27. The third kappa shape index (κ3) is 3.21. The van der Waals surface area contributed by atoms with Gasteiger partial charge >= 0.3 is 0 Å². The molecule has 0 aliphatic carbocycles. The number of amides is 1. The summed E-state index contributed by atoms with van der Waals surface area (Å²) in [6, 6.07) is 15.9. The van der Waals surface area contributed by atoms with E-state index < -0.39 is 11.4 Å². The van der Waals surface area contributed by atoms with Crippen LogP contribution in [0.1, 0.15) is 11.1 Å². The number of benzene rings is 2. The minimum Gasteiger partial charge on any atom is -0.490 e. The van der Waals surface area contributed by atoms with Crippen LogP contribution in [0, 0.1) is 0 Å². The average Bonchev–Trinajstić information content (AvgIpc) is 2.53. The van der Waals surface area contributed by atoms with Crippen LogP contribution in [0.25, 0.3) is 0 Å². The van der Waals surface area contributed by atoms with Crippen molar-refractivity contribution in [1.82, 2.24) is 0 Å². The van der Waals surface area contributed by atoms with E-state index >= 15 is 0 Å². The number of rotatable bonds is 6. The van der Waals surface area contributed by atoms with Gasteiger partial charge in [-0.05, 0) is 11.6 Å². The summed E-state index contributed by atoms with van der Waals surface area (Å²) in [5.41, 5.74) is 11.4. The molecule has 5 N–H and O–H groups in total. The first-order valence-electron chi connectivity index (χ1n) is 6.54. The van der Waals surface area contributed by atoms with Gasteiger partial charge in [0.1, 0.15) is 12.4 Å². The van der Waals surface area contributed by atoms with Gasteiger partial charge in [-0.15, -0.1) is 0 Å². The lowest BCUT2D eigenvalue weighted by atomic mass is 9.91. The predicted octanol–water partition coefficient (Wildman–Crippen LogP) is 0.897. The number of hydrogen-bond donors (Lipinski definition) is 3. The smallest absolute Gasteiger partial charge is 0.245 e. The summed E-state index contributed by atoms with van der Waals surface area (Å²) < 4.78 is 5.62.